The highest BCUT2D eigenvalue weighted by atomic mass is 31.2. The van der Waals surface area contributed by atoms with Gasteiger partial charge in [0.1, 0.15) is 12.0 Å². The molecule has 0 aromatic carbocycles. The lowest BCUT2D eigenvalue weighted by Crippen LogP contribution is -2.37. The summed E-state index contributed by atoms with van der Waals surface area (Å²) in [6.07, 6.45) is 8.93. The number of ether oxygens (including phenoxy) is 1. The van der Waals surface area contributed by atoms with Gasteiger partial charge in [-0.25, -0.2) is 9.46 Å². The first-order valence-corrected chi connectivity index (χ1v) is 13.5. The summed E-state index contributed by atoms with van der Waals surface area (Å²) in [6.45, 7) is 6.71. The maximum absolute atomic E-state index is 12.7. The van der Waals surface area contributed by atoms with Crippen LogP contribution in [0.2, 0.25) is 0 Å². The van der Waals surface area contributed by atoms with Crippen molar-refractivity contribution in [1.82, 2.24) is 14.2 Å². The van der Waals surface area contributed by atoms with E-state index in [2.05, 4.69) is 21.9 Å². The smallest absolute Gasteiger partial charge is 0.351 e. The van der Waals surface area contributed by atoms with Crippen LogP contribution < -0.4 is 11.0 Å². The molecule has 1 aliphatic carbocycles. The zero-order valence-electron chi connectivity index (χ0n) is 19.7. The Hall–Kier alpha value is -1.38. The molecule has 4 aliphatic rings. The number of hydrogen-bond acceptors (Lipinski definition) is 7. The fraction of sp³-hybridized carbons (Fsp3) is 0.783. The minimum Gasteiger partial charge on any atom is -0.352 e. The van der Waals surface area contributed by atoms with Gasteiger partial charge in [-0.05, 0) is 44.1 Å². The van der Waals surface area contributed by atoms with E-state index >= 15 is 0 Å². The van der Waals surface area contributed by atoms with Crippen LogP contribution in [0.1, 0.15) is 71.9 Å². The molecule has 1 aromatic rings. The van der Waals surface area contributed by atoms with Crippen LogP contribution in [-0.4, -0.2) is 51.0 Å². The molecule has 0 spiro atoms. The van der Waals surface area contributed by atoms with Gasteiger partial charge in [0.25, 0.3) is 8.53 Å². The molecule has 3 saturated heterocycles. The van der Waals surface area contributed by atoms with E-state index in [0.29, 0.717) is 24.5 Å². The molecule has 1 unspecified atom stereocenters. The molecule has 3 aliphatic heterocycles. The van der Waals surface area contributed by atoms with E-state index in [1.165, 1.54) is 36.7 Å². The van der Waals surface area contributed by atoms with Crippen LogP contribution in [0.25, 0.3) is 0 Å². The summed E-state index contributed by atoms with van der Waals surface area (Å²) < 4.78 is 23.3. The number of aromatic nitrogens is 2. The van der Waals surface area contributed by atoms with Gasteiger partial charge in [0.15, 0.2) is 0 Å². The summed E-state index contributed by atoms with van der Waals surface area (Å²) in [6, 6.07) is 2.14. The molecular formula is C23H35N4O5P. The first-order chi connectivity index (χ1) is 15.9. The van der Waals surface area contributed by atoms with Gasteiger partial charge < -0.3 is 19.1 Å². The molecule has 5 rings (SSSR count). The molecule has 10 heteroatoms. The molecule has 4 heterocycles. The minimum atomic E-state index is -1.09. The summed E-state index contributed by atoms with van der Waals surface area (Å²) >= 11 is 0. The van der Waals surface area contributed by atoms with E-state index in [0.717, 1.165) is 13.0 Å². The van der Waals surface area contributed by atoms with Gasteiger partial charge in [-0.15, -0.1) is 0 Å². The van der Waals surface area contributed by atoms with E-state index in [1.54, 1.807) is 26.1 Å². The highest BCUT2D eigenvalue weighted by Gasteiger charge is 2.52. The number of carbonyl (C=O) groups is 1. The van der Waals surface area contributed by atoms with E-state index in [1.807, 2.05) is 0 Å². The molecule has 4 fully saturated rings. The number of amides is 1. The molecule has 182 valence electrons. The predicted molar refractivity (Wildman–Crippen MR) is 125 cm³/mol. The Morgan fingerprint density at radius 2 is 2.15 bits per heavy atom. The van der Waals surface area contributed by atoms with Crippen molar-refractivity contribution in [2.24, 2.45) is 11.8 Å². The molecular weight excluding hydrogens is 443 g/mol. The van der Waals surface area contributed by atoms with E-state index in [9.17, 15) is 9.59 Å². The summed E-state index contributed by atoms with van der Waals surface area (Å²) in [7, 11) is -1.09. The molecule has 0 radical (unpaired) electrons. The average molecular weight is 479 g/mol. The van der Waals surface area contributed by atoms with Gasteiger partial charge in [-0.3, -0.25) is 9.36 Å². The molecule has 33 heavy (non-hydrogen) atoms. The maximum Gasteiger partial charge on any atom is 0.351 e. The third kappa shape index (κ3) is 4.63. The van der Waals surface area contributed by atoms with Crippen LogP contribution >= 0.6 is 8.53 Å². The summed E-state index contributed by atoms with van der Waals surface area (Å²) in [4.78, 5) is 28.6. The van der Waals surface area contributed by atoms with Gasteiger partial charge in [0, 0.05) is 31.1 Å². The summed E-state index contributed by atoms with van der Waals surface area (Å²) in [5, 5.41) is 2.67. The molecule has 1 saturated carbocycles. The Labute approximate surface area is 196 Å². The fourth-order valence-corrected chi connectivity index (χ4v) is 7.30. The lowest BCUT2D eigenvalue weighted by Gasteiger charge is -2.32. The van der Waals surface area contributed by atoms with Crippen LogP contribution in [0, 0.1) is 11.8 Å². The van der Waals surface area contributed by atoms with Crippen molar-refractivity contribution >= 4 is 20.3 Å². The monoisotopic (exact) mass is 478 g/mol. The first-order valence-electron chi connectivity index (χ1n) is 12.4. The highest BCUT2D eigenvalue weighted by molar-refractivity contribution is 7.45. The number of carbonyl (C=O) groups excluding carboxylic acids is 1. The van der Waals surface area contributed by atoms with Gasteiger partial charge in [-0.1, -0.05) is 27.2 Å². The second kappa shape index (κ2) is 9.70. The van der Waals surface area contributed by atoms with Crippen LogP contribution in [0.5, 0.6) is 0 Å². The Morgan fingerprint density at radius 3 is 2.82 bits per heavy atom. The van der Waals surface area contributed by atoms with Gasteiger partial charge in [0.05, 0.1) is 18.3 Å². The molecule has 1 amide bonds. The number of nitrogens with one attached hydrogen (secondary N) is 1. The van der Waals surface area contributed by atoms with E-state index in [4.69, 9.17) is 13.8 Å². The van der Waals surface area contributed by atoms with Crippen LogP contribution in [0.15, 0.2) is 17.1 Å². The summed E-state index contributed by atoms with van der Waals surface area (Å²) in [5.74, 6) is 0.586. The lowest BCUT2D eigenvalue weighted by atomic mass is 9.78. The van der Waals surface area contributed by atoms with Gasteiger partial charge in [0.2, 0.25) is 5.91 Å². The predicted octanol–water partition coefficient (Wildman–Crippen LogP) is 3.81. The second-order valence-corrected chi connectivity index (χ2v) is 11.3. The van der Waals surface area contributed by atoms with Crippen molar-refractivity contribution in [2.75, 3.05) is 11.9 Å². The van der Waals surface area contributed by atoms with Crippen LogP contribution in [0.3, 0.4) is 0 Å². The van der Waals surface area contributed by atoms with Crippen molar-refractivity contribution in [3.63, 3.8) is 0 Å². The van der Waals surface area contributed by atoms with E-state index < -0.39 is 20.4 Å². The summed E-state index contributed by atoms with van der Waals surface area (Å²) in [5.41, 5.74) is -0.440. The van der Waals surface area contributed by atoms with E-state index in [-0.39, 0.29) is 29.9 Å². The SMILES string of the molecule is CC[C@H]1O[C@@H](n2ccc(NC(=O)C(C)C)nc2=O)C[C@H]1O[P@@]1O[C@H](C2CCC2)C2CCCN21. The molecule has 6 atom stereocenters. The Kier molecular flexibility index (Phi) is 6.87. The second-order valence-electron chi connectivity index (χ2n) is 9.94. The first kappa shape index (κ1) is 23.4. The number of fused-ring (bicyclic) bond motifs is 1. The number of hydrogen-bond donors (Lipinski definition) is 1. The third-order valence-corrected chi connectivity index (χ3v) is 9.20. The average Bonchev–Trinajstić information content (AvgIpc) is 3.44. The lowest BCUT2D eigenvalue weighted by molar-refractivity contribution is -0.118. The van der Waals surface area contributed by atoms with Crippen molar-refractivity contribution < 1.29 is 18.6 Å². The largest absolute Gasteiger partial charge is 0.352 e. The van der Waals surface area contributed by atoms with Crippen LogP contribution in [0.4, 0.5) is 5.82 Å². The Bertz CT molecular complexity index is 922. The van der Waals surface area contributed by atoms with Gasteiger partial charge in [-0.2, -0.15) is 4.98 Å². The zero-order valence-corrected chi connectivity index (χ0v) is 20.6. The normalized spacial score (nSPS) is 34.5. The standard InChI is InChI=1S/C23H35N4O5P/c1-4-17-18(31-33-27-11-6-9-16(27)21(32-33)15-7-5-8-15)13-20(30-17)26-12-10-19(25-23(26)29)24-22(28)14(2)3/h10,12,14-18,20-21H,4-9,11,13H2,1-3H3,(H,24,25,28,29)/t16?,17-,18-,20-,21-,33+/m1/s1. The van der Waals surface area contributed by atoms with Crippen molar-refractivity contribution in [3.8, 4) is 0 Å². The van der Waals surface area contributed by atoms with Gasteiger partial charge >= 0.3 is 5.69 Å². The zero-order chi connectivity index (χ0) is 23.1. The quantitative estimate of drug-likeness (QED) is 0.596. The fourth-order valence-electron chi connectivity index (χ4n) is 5.24. The topological polar surface area (TPSA) is 94.9 Å². The number of rotatable bonds is 7. The van der Waals surface area contributed by atoms with Crippen molar-refractivity contribution in [3.05, 3.63) is 22.7 Å². The highest BCUT2D eigenvalue weighted by Crippen LogP contribution is 2.60. The molecule has 1 aromatic heterocycles. The third-order valence-electron chi connectivity index (χ3n) is 7.41. The molecule has 0 bridgehead atoms. The molecule has 9 nitrogen and oxygen atoms in total. The Morgan fingerprint density at radius 1 is 1.33 bits per heavy atom. The Balaban J connectivity index is 1.26. The molecule has 1 N–H and O–H groups in total. The van der Waals surface area contributed by atoms with Crippen molar-refractivity contribution in [2.45, 2.75) is 96.3 Å². The van der Waals surface area contributed by atoms with Crippen LogP contribution in [-0.2, 0) is 18.6 Å². The van der Waals surface area contributed by atoms with Crippen molar-refractivity contribution in [1.29, 1.82) is 0 Å². The number of nitrogens with zero attached hydrogens (tertiary/aromatic N) is 3. The maximum atomic E-state index is 12.7. The number of anilines is 1. The minimum absolute atomic E-state index is 0.0999.